The minimum atomic E-state index is -1.05. The summed E-state index contributed by atoms with van der Waals surface area (Å²) in [6, 6.07) is 2.67. The second-order valence-electron chi connectivity index (χ2n) is 2.16. The molecule has 0 aliphatic carbocycles. The molecule has 0 aromatic heterocycles. The van der Waals surface area contributed by atoms with Crippen molar-refractivity contribution in [2.24, 2.45) is 0 Å². The molecular weight excluding hydrogens is 309 g/mol. The van der Waals surface area contributed by atoms with E-state index in [4.69, 9.17) is 39.4 Å². The minimum Gasteiger partial charge on any atom is -0.478 e. The Morgan fingerprint density at radius 2 is 1.80 bits per heavy atom. The molecule has 1 rings (SSSR count). The summed E-state index contributed by atoms with van der Waals surface area (Å²) in [4.78, 5) is 12.2. The van der Waals surface area contributed by atoms with Gasteiger partial charge >= 0.3 is 5.97 Å². The first-order chi connectivity index (χ1) is 6.93. The Kier molecular flexibility index (Phi) is 6.12. The van der Waals surface area contributed by atoms with Crippen molar-refractivity contribution in [3.05, 3.63) is 42.7 Å². The number of hydrogen-bond acceptors (Lipinski definition) is 2. The largest absolute Gasteiger partial charge is 0.478 e. The van der Waals surface area contributed by atoms with Gasteiger partial charge in [0, 0.05) is 0 Å². The topological polar surface area (TPSA) is 97.5 Å². The van der Waals surface area contributed by atoms with Gasteiger partial charge < -0.3 is 5.11 Å². The number of benzene rings is 1. The maximum absolute atomic E-state index is 10.5. The lowest BCUT2D eigenvalue weighted by atomic mass is 10.2. The summed E-state index contributed by atoms with van der Waals surface area (Å²) in [7, 11) is 0. The first-order valence-electron chi connectivity index (χ1n) is 3.32. The maximum atomic E-state index is 10.5. The monoisotopic (exact) mass is 311 g/mol. The highest BCUT2D eigenvalue weighted by Gasteiger charge is 2.09. The fourth-order valence-electron chi connectivity index (χ4n) is 0.679. The lowest BCUT2D eigenvalue weighted by Crippen LogP contribution is -1.95. The Balaban J connectivity index is 0.000000583. The van der Waals surface area contributed by atoms with Crippen molar-refractivity contribution in [3.8, 4) is 0 Å². The average molecular weight is 313 g/mol. The number of nitrogens with zero attached hydrogens (tertiary/aromatic N) is 2. The van der Waals surface area contributed by atoms with Gasteiger partial charge in [-0.15, -0.1) is 5.53 Å². The van der Waals surface area contributed by atoms with E-state index in [0.717, 1.165) is 0 Å². The van der Waals surface area contributed by atoms with E-state index in [9.17, 15) is 4.79 Å². The van der Waals surface area contributed by atoms with E-state index in [0.29, 0.717) is 14.5 Å². The van der Waals surface area contributed by atoms with Crippen LogP contribution in [-0.4, -0.2) is 11.1 Å². The van der Waals surface area contributed by atoms with Gasteiger partial charge in [-0.1, -0.05) is 23.2 Å². The van der Waals surface area contributed by atoms with Crippen LogP contribution < -0.4 is 0 Å². The van der Waals surface area contributed by atoms with Crippen molar-refractivity contribution < 1.29 is 9.90 Å². The second kappa shape index (κ2) is 6.53. The standard InChI is InChI=1S/C7H3BrCl2O2.HN3/c8-6-4(9)1-3(7(11)12)2-5(6)10;1-3-2/h1-2H,(H,11,12);1H. The summed E-state index contributed by atoms with van der Waals surface area (Å²) < 4.78 is 0.510. The van der Waals surface area contributed by atoms with Crippen LogP contribution in [0.15, 0.2) is 16.6 Å². The zero-order chi connectivity index (χ0) is 12.0. The molecule has 0 bridgehead atoms. The molecule has 15 heavy (non-hydrogen) atoms. The van der Waals surface area contributed by atoms with Gasteiger partial charge in [0.05, 0.1) is 20.1 Å². The third-order valence-electron chi connectivity index (χ3n) is 1.23. The molecule has 0 heterocycles. The highest BCUT2D eigenvalue weighted by molar-refractivity contribution is 9.10. The van der Waals surface area contributed by atoms with Crippen LogP contribution in [0.2, 0.25) is 10.0 Å². The number of hydrogen-bond donors (Lipinski definition) is 2. The molecule has 8 heteroatoms. The number of carbonyl (C=O) groups is 1. The van der Waals surface area contributed by atoms with Gasteiger partial charge in [0.2, 0.25) is 0 Å². The third-order valence-corrected chi connectivity index (χ3v) is 3.14. The van der Waals surface area contributed by atoms with Crippen LogP contribution >= 0.6 is 39.1 Å². The van der Waals surface area contributed by atoms with Gasteiger partial charge in [-0.05, 0) is 38.5 Å². The number of carboxylic acid groups (broad SMARTS) is 1. The van der Waals surface area contributed by atoms with E-state index in [1.807, 2.05) is 0 Å². The molecule has 0 amide bonds. The van der Waals surface area contributed by atoms with Crippen molar-refractivity contribution >= 4 is 45.1 Å². The van der Waals surface area contributed by atoms with Crippen LogP contribution in [0.1, 0.15) is 10.4 Å². The van der Waals surface area contributed by atoms with Crippen molar-refractivity contribution in [2.45, 2.75) is 0 Å². The molecule has 0 saturated heterocycles. The van der Waals surface area contributed by atoms with Gasteiger partial charge in [0.1, 0.15) is 0 Å². The Morgan fingerprint density at radius 3 is 2.07 bits per heavy atom. The van der Waals surface area contributed by atoms with Gasteiger partial charge in [-0.2, -0.15) is 0 Å². The fourth-order valence-corrected chi connectivity index (χ4v) is 1.39. The quantitative estimate of drug-likeness (QED) is 0.349. The van der Waals surface area contributed by atoms with Crippen molar-refractivity contribution in [1.29, 1.82) is 5.53 Å². The van der Waals surface area contributed by atoms with Crippen LogP contribution in [0.4, 0.5) is 0 Å². The Morgan fingerprint density at radius 1 is 1.47 bits per heavy atom. The molecule has 2 N–H and O–H groups in total. The normalized spacial score (nSPS) is 8.47. The van der Waals surface area contributed by atoms with Crippen LogP contribution in [0.25, 0.3) is 10.4 Å². The molecule has 0 atom stereocenters. The van der Waals surface area contributed by atoms with Gasteiger partial charge in [-0.25, -0.2) is 4.79 Å². The molecule has 0 aliphatic rings. The van der Waals surface area contributed by atoms with Crippen LogP contribution in [0, 0.1) is 5.53 Å². The van der Waals surface area contributed by atoms with Crippen molar-refractivity contribution in [3.63, 3.8) is 0 Å². The minimum absolute atomic E-state index is 0.0770. The molecule has 0 unspecified atom stereocenters. The third kappa shape index (κ3) is 4.40. The first-order valence-corrected chi connectivity index (χ1v) is 4.87. The molecule has 0 fully saturated rings. The van der Waals surface area contributed by atoms with Gasteiger partial charge in [-0.3, -0.25) is 0 Å². The Bertz CT molecular complexity index is 396. The summed E-state index contributed by atoms with van der Waals surface area (Å²) in [6.45, 7) is 0. The molecule has 1 aromatic carbocycles. The number of rotatable bonds is 1. The van der Waals surface area contributed by atoms with E-state index in [-0.39, 0.29) is 5.56 Å². The first kappa shape index (κ1) is 14.1. The van der Waals surface area contributed by atoms with Gasteiger partial charge in [0.25, 0.3) is 0 Å². The summed E-state index contributed by atoms with van der Waals surface area (Å²) in [5.74, 6) is -1.05. The van der Waals surface area contributed by atoms with E-state index < -0.39 is 5.97 Å². The smallest absolute Gasteiger partial charge is 0.335 e. The van der Waals surface area contributed by atoms with Crippen LogP contribution in [0.5, 0.6) is 0 Å². The molecule has 0 aliphatic heterocycles. The summed E-state index contributed by atoms with van der Waals surface area (Å²) in [5, 5.41) is 9.18. The molecule has 5 nitrogen and oxygen atoms in total. The van der Waals surface area contributed by atoms with E-state index in [1.165, 1.54) is 12.1 Å². The molecule has 1 aromatic rings. The number of aromatic carboxylic acids is 1. The number of carboxylic acids is 1. The highest BCUT2D eigenvalue weighted by Crippen LogP contribution is 2.31. The molecule has 0 saturated carbocycles. The zero-order valence-corrected chi connectivity index (χ0v) is 10.1. The molecule has 0 spiro atoms. The predicted molar refractivity (Wildman–Crippen MR) is 60.6 cm³/mol. The SMILES string of the molecule is O=C(O)c1cc(Cl)c(Br)c(Cl)c1.[N-]=[N+]=N. The molecule has 0 radical (unpaired) electrons. The molecule has 80 valence electrons. The number of halogens is 3. The Labute approximate surface area is 103 Å². The van der Waals surface area contributed by atoms with Crippen molar-refractivity contribution in [2.75, 3.05) is 0 Å². The highest BCUT2D eigenvalue weighted by atomic mass is 79.9. The number of nitrogens with one attached hydrogen (secondary N) is 1. The Hall–Kier alpha value is -0.940. The predicted octanol–water partition coefficient (Wildman–Crippen LogP) is 4.33. The zero-order valence-electron chi connectivity index (χ0n) is 7.04. The maximum Gasteiger partial charge on any atom is 0.335 e. The lowest BCUT2D eigenvalue weighted by molar-refractivity contribution is 0.0697. The van der Waals surface area contributed by atoms with Crippen LogP contribution in [-0.2, 0) is 0 Å². The summed E-state index contributed by atoms with van der Waals surface area (Å²) >= 11 is 14.4. The van der Waals surface area contributed by atoms with Crippen LogP contribution in [0.3, 0.4) is 0 Å². The summed E-state index contributed by atoms with van der Waals surface area (Å²) in [6.07, 6.45) is 0. The average Bonchev–Trinajstić information content (AvgIpc) is 2.14. The van der Waals surface area contributed by atoms with E-state index in [1.54, 1.807) is 4.91 Å². The fraction of sp³-hybridized carbons (Fsp3) is 0. The second-order valence-corrected chi connectivity index (χ2v) is 3.77. The van der Waals surface area contributed by atoms with E-state index >= 15 is 0 Å². The summed E-state index contributed by atoms with van der Waals surface area (Å²) in [5.41, 5.74) is 12.3. The van der Waals surface area contributed by atoms with Gasteiger partial charge in [0.15, 0.2) is 0 Å². The van der Waals surface area contributed by atoms with Crippen molar-refractivity contribution in [1.82, 2.24) is 0 Å². The van der Waals surface area contributed by atoms with E-state index in [2.05, 4.69) is 15.9 Å². The molecular formula is C7H4BrCl2N3O2. The lowest BCUT2D eigenvalue weighted by Gasteiger charge is -2.00.